The molecule has 2 aromatic rings. The Labute approximate surface area is 157 Å². The monoisotopic (exact) mass is 380 g/mol. The van der Waals surface area contributed by atoms with E-state index in [0.717, 1.165) is 25.7 Å². The van der Waals surface area contributed by atoms with Gasteiger partial charge >= 0.3 is 0 Å². The second-order valence-corrected chi connectivity index (χ2v) is 7.46. The van der Waals surface area contributed by atoms with Crippen molar-refractivity contribution in [2.24, 2.45) is 24.6 Å². The van der Waals surface area contributed by atoms with Crippen molar-refractivity contribution in [3.63, 3.8) is 0 Å². The fraction of sp³-hybridized carbons (Fsp3) is 0.647. The maximum Gasteiger partial charge on any atom is 0.264 e. The molecule has 2 aliphatic rings. The molecular weight excluding hydrogens is 356 g/mol. The smallest absolute Gasteiger partial charge is 0.264 e. The van der Waals surface area contributed by atoms with Crippen LogP contribution in [0, 0.1) is 11.8 Å². The van der Waals surface area contributed by atoms with Gasteiger partial charge in [0.05, 0.1) is 6.20 Å². The molecule has 2 aromatic heterocycles. The van der Waals surface area contributed by atoms with Crippen LogP contribution >= 0.6 is 12.4 Å². The first-order chi connectivity index (χ1) is 12.0. The summed E-state index contributed by atoms with van der Waals surface area (Å²) in [5, 5.41) is 7.64. The minimum atomic E-state index is -0.237. The van der Waals surface area contributed by atoms with Crippen LogP contribution in [0.15, 0.2) is 17.3 Å². The number of amides is 1. The highest BCUT2D eigenvalue weighted by Gasteiger charge is 2.39. The van der Waals surface area contributed by atoms with E-state index in [1.807, 2.05) is 0 Å². The molecule has 0 radical (unpaired) electrons. The zero-order chi connectivity index (χ0) is 17.6. The summed E-state index contributed by atoms with van der Waals surface area (Å²) in [6.07, 6.45) is 8.33. The average molecular weight is 381 g/mol. The molecule has 9 heteroatoms. The molecule has 2 saturated carbocycles. The van der Waals surface area contributed by atoms with Gasteiger partial charge < -0.3 is 11.1 Å². The maximum absolute atomic E-state index is 12.5. The first kappa shape index (κ1) is 18.8. The third-order valence-corrected chi connectivity index (χ3v) is 5.74. The lowest BCUT2D eigenvalue weighted by atomic mass is 9.67. The Bertz CT molecular complexity index is 849. The lowest BCUT2D eigenvalue weighted by Crippen LogP contribution is -2.54. The number of rotatable bonds is 3. The zero-order valence-electron chi connectivity index (χ0n) is 14.8. The van der Waals surface area contributed by atoms with Crippen LogP contribution in [0.3, 0.4) is 0 Å². The molecule has 26 heavy (non-hydrogen) atoms. The number of nitrogens with zero attached hydrogens (tertiary/aromatic N) is 4. The SMILES string of the molecule is Cl.Cn1ncc2c(=O)n(CC(=O)NC3C4CCCC3CC(N)C4)cnc21. The highest BCUT2D eigenvalue weighted by molar-refractivity contribution is 5.85. The topological polar surface area (TPSA) is 108 Å². The van der Waals surface area contributed by atoms with Crippen molar-refractivity contribution in [3.05, 3.63) is 22.9 Å². The van der Waals surface area contributed by atoms with Crippen LogP contribution < -0.4 is 16.6 Å². The van der Waals surface area contributed by atoms with E-state index in [1.54, 1.807) is 11.7 Å². The quantitative estimate of drug-likeness (QED) is 0.809. The van der Waals surface area contributed by atoms with Gasteiger partial charge in [0.2, 0.25) is 5.91 Å². The number of hydrogen-bond donors (Lipinski definition) is 2. The molecule has 0 aromatic carbocycles. The van der Waals surface area contributed by atoms with Crippen LogP contribution in [0.2, 0.25) is 0 Å². The molecule has 142 valence electrons. The minimum absolute atomic E-state index is 0. The molecule has 2 heterocycles. The van der Waals surface area contributed by atoms with Crippen molar-refractivity contribution in [2.75, 3.05) is 0 Å². The standard InChI is InChI=1S/C17H24N6O2.ClH/c1-22-16-13(7-20-22)17(25)23(9-19-16)8-14(24)21-15-10-3-2-4-11(15)6-12(18)5-10;/h7,9-12,15H,2-6,8,18H2,1H3,(H,21,24);1H. The van der Waals surface area contributed by atoms with Crippen molar-refractivity contribution in [1.82, 2.24) is 24.6 Å². The van der Waals surface area contributed by atoms with Gasteiger partial charge in [0, 0.05) is 19.1 Å². The molecule has 8 nitrogen and oxygen atoms in total. The summed E-state index contributed by atoms with van der Waals surface area (Å²) in [5.74, 6) is 0.786. The van der Waals surface area contributed by atoms with Gasteiger partial charge in [-0.1, -0.05) is 6.42 Å². The third kappa shape index (κ3) is 3.35. The van der Waals surface area contributed by atoms with E-state index in [9.17, 15) is 9.59 Å². The van der Waals surface area contributed by atoms with Crippen molar-refractivity contribution in [3.8, 4) is 0 Å². The van der Waals surface area contributed by atoms with Crippen LogP contribution in [0.25, 0.3) is 11.0 Å². The number of nitrogens with one attached hydrogen (secondary N) is 1. The van der Waals surface area contributed by atoms with Crippen molar-refractivity contribution >= 4 is 29.3 Å². The molecule has 2 fully saturated rings. The number of carbonyl (C=O) groups is 1. The molecular formula is C17H25ClN6O2. The third-order valence-electron chi connectivity index (χ3n) is 5.74. The van der Waals surface area contributed by atoms with Crippen LogP contribution in [0.4, 0.5) is 0 Å². The van der Waals surface area contributed by atoms with Gasteiger partial charge in [-0.15, -0.1) is 12.4 Å². The van der Waals surface area contributed by atoms with Gasteiger partial charge in [-0.25, -0.2) is 4.98 Å². The molecule has 2 unspecified atom stereocenters. The lowest BCUT2D eigenvalue weighted by molar-refractivity contribution is -0.124. The van der Waals surface area contributed by atoms with Crippen LogP contribution in [0.5, 0.6) is 0 Å². The summed E-state index contributed by atoms with van der Waals surface area (Å²) < 4.78 is 2.90. The molecule has 1 amide bonds. The van der Waals surface area contributed by atoms with E-state index in [-0.39, 0.29) is 42.5 Å². The van der Waals surface area contributed by atoms with Gasteiger partial charge in [-0.2, -0.15) is 5.10 Å². The second kappa shape index (κ2) is 7.36. The molecule has 2 atom stereocenters. The van der Waals surface area contributed by atoms with Gasteiger partial charge in [-0.3, -0.25) is 18.8 Å². The number of fused-ring (bicyclic) bond motifs is 3. The first-order valence-electron chi connectivity index (χ1n) is 8.95. The molecule has 4 rings (SSSR count). The normalized spacial score (nSPS) is 27.8. The van der Waals surface area contributed by atoms with Gasteiger partial charge in [0.15, 0.2) is 5.65 Å². The van der Waals surface area contributed by atoms with E-state index in [0.29, 0.717) is 22.9 Å². The average Bonchev–Trinajstić information content (AvgIpc) is 2.93. The maximum atomic E-state index is 12.5. The van der Waals surface area contributed by atoms with Gasteiger partial charge in [0.1, 0.15) is 18.3 Å². The summed E-state index contributed by atoms with van der Waals surface area (Å²) in [7, 11) is 1.73. The molecule has 3 N–H and O–H groups in total. The number of carbonyl (C=O) groups excluding carboxylic acids is 1. The highest BCUT2D eigenvalue weighted by atomic mass is 35.5. The predicted octanol–water partition coefficient (Wildman–Crippen LogP) is 0.574. The van der Waals surface area contributed by atoms with E-state index >= 15 is 0 Å². The zero-order valence-corrected chi connectivity index (χ0v) is 15.6. The largest absolute Gasteiger partial charge is 0.351 e. The number of nitrogens with two attached hydrogens (primary N) is 1. The van der Waals surface area contributed by atoms with E-state index < -0.39 is 0 Å². The Morgan fingerprint density at radius 1 is 1.35 bits per heavy atom. The van der Waals surface area contributed by atoms with E-state index in [2.05, 4.69) is 15.4 Å². The summed E-state index contributed by atoms with van der Waals surface area (Å²) in [6.45, 7) is -0.0152. The van der Waals surface area contributed by atoms with Crippen molar-refractivity contribution in [2.45, 2.75) is 50.7 Å². The van der Waals surface area contributed by atoms with Crippen LogP contribution in [0.1, 0.15) is 32.1 Å². The Kier molecular flexibility index (Phi) is 5.34. The Morgan fingerprint density at radius 3 is 2.73 bits per heavy atom. The van der Waals surface area contributed by atoms with Crippen LogP contribution in [-0.2, 0) is 18.4 Å². The van der Waals surface area contributed by atoms with Gasteiger partial charge in [0.25, 0.3) is 5.56 Å². The highest BCUT2D eigenvalue weighted by Crippen LogP contribution is 2.39. The minimum Gasteiger partial charge on any atom is -0.351 e. The summed E-state index contributed by atoms with van der Waals surface area (Å²) in [4.78, 5) is 29.3. The Balaban J connectivity index is 0.00000196. The summed E-state index contributed by atoms with van der Waals surface area (Å²) in [6, 6.07) is 0.440. The van der Waals surface area contributed by atoms with Crippen molar-refractivity contribution < 1.29 is 4.79 Å². The molecule has 0 saturated heterocycles. The second-order valence-electron chi connectivity index (χ2n) is 7.46. The van der Waals surface area contributed by atoms with E-state index in [4.69, 9.17) is 5.73 Å². The molecule has 0 spiro atoms. The van der Waals surface area contributed by atoms with Crippen LogP contribution in [-0.4, -0.2) is 37.3 Å². The lowest BCUT2D eigenvalue weighted by Gasteiger charge is -2.45. The first-order valence-corrected chi connectivity index (χ1v) is 8.95. The summed E-state index contributed by atoms with van der Waals surface area (Å²) >= 11 is 0. The Morgan fingerprint density at radius 2 is 2.04 bits per heavy atom. The molecule has 2 bridgehead atoms. The fourth-order valence-electron chi connectivity index (χ4n) is 4.59. The summed E-state index contributed by atoms with van der Waals surface area (Å²) in [5.41, 5.74) is 6.43. The predicted molar refractivity (Wildman–Crippen MR) is 100.0 cm³/mol. The molecule has 2 aliphatic carbocycles. The number of aryl methyl sites for hydroxylation is 1. The van der Waals surface area contributed by atoms with Gasteiger partial charge in [-0.05, 0) is 37.5 Å². The van der Waals surface area contributed by atoms with Crippen molar-refractivity contribution in [1.29, 1.82) is 0 Å². The molecule has 0 aliphatic heterocycles. The van der Waals surface area contributed by atoms with E-state index in [1.165, 1.54) is 23.5 Å². The Hall–Kier alpha value is -1.93. The number of hydrogen-bond acceptors (Lipinski definition) is 5. The number of aromatic nitrogens is 4. The fourth-order valence-corrected chi connectivity index (χ4v) is 4.59. The number of halogens is 1.